The summed E-state index contributed by atoms with van der Waals surface area (Å²) in [5.74, 6) is -29.6. The van der Waals surface area contributed by atoms with E-state index in [-0.39, 0.29) is 0 Å². The molecule has 17 heteroatoms. The smallest absolute Gasteiger partial charge is 0.239 e. The lowest BCUT2D eigenvalue weighted by atomic mass is 9.94. The first-order chi connectivity index (χ1) is 10.8. The zero-order valence-electron chi connectivity index (χ0n) is 11.3. The third-order valence-electron chi connectivity index (χ3n) is 2.43. The van der Waals surface area contributed by atoms with Crippen molar-refractivity contribution >= 4 is 43.8 Å². The van der Waals surface area contributed by atoms with Gasteiger partial charge in [0.05, 0.1) is 0 Å². The van der Waals surface area contributed by atoms with Crippen LogP contribution in [-0.2, 0) is 0 Å². The van der Waals surface area contributed by atoms with Crippen molar-refractivity contribution in [2.75, 3.05) is 0 Å². The zero-order valence-corrected chi connectivity index (χ0v) is 15.5. The Morgan fingerprint density at radius 2 is 0.960 bits per heavy atom. The van der Waals surface area contributed by atoms with Gasteiger partial charge in [0.2, 0.25) is 11.8 Å². The lowest BCUT2D eigenvalue weighted by Crippen LogP contribution is -2.69. The molecule has 0 aliphatic heterocycles. The van der Waals surface area contributed by atoms with Crippen molar-refractivity contribution in [1.29, 1.82) is 0 Å². The van der Waals surface area contributed by atoms with Gasteiger partial charge in [-0.3, -0.25) is 0 Å². The van der Waals surface area contributed by atoms with Crippen LogP contribution < -0.4 is 0 Å². The highest BCUT2D eigenvalue weighted by Gasteiger charge is 2.87. The van der Waals surface area contributed by atoms with E-state index < -0.39 is 47.0 Å². The fourth-order valence-electron chi connectivity index (χ4n) is 1.09. The number of rotatable bonds is 7. The van der Waals surface area contributed by atoms with Crippen LogP contribution in [0, 0.1) is 0 Å². The highest BCUT2D eigenvalue weighted by Crippen LogP contribution is 2.59. The maximum Gasteiger partial charge on any atom is 0.393 e. The molecule has 0 nitrogen and oxygen atoms in total. The predicted molar refractivity (Wildman–Crippen MR) is 66.9 cm³/mol. The van der Waals surface area contributed by atoms with Gasteiger partial charge in [-0.1, -0.05) is 11.6 Å². The molecule has 0 saturated carbocycles. The van der Waals surface area contributed by atoms with Crippen molar-refractivity contribution in [1.82, 2.24) is 0 Å². The summed E-state index contributed by atoms with van der Waals surface area (Å²) in [5, 5.41) is -6.47. The van der Waals surface area contributed by atoms with Gasteiger partial charge in [-0.05, 0) is 11.6 Å². The van der Waals surface area contributed by atoms with Gasteiger partial charge in [0, 0.05) is 0 Å². The molecule has 0 aromatic heterocycles. The normalized spacial score (nSPS) is 18.2. The summed E-state index contributed by atoms with van der Waals surface area (Å²) < 4.78 is 164. The van der Waals surface area contributed by atoms with Gasteiger partial charge in [0.1, 0.15) is 9.55 Å². The van der Waals surface area contributed by atoms with E-state index in [1.54, 1.807) is 0 Å². The molecular weight excluding hydrogens is 478 g/mol. The summed E-state index contributed by atoms with van der Waals surface area (Å²) in [5.41, 5.74) is -3.75. The van der Waals surface area contributed by atoms with Crippen molar-refractivity contribution in [2.24, 2.45) is 0 Å². The Hall–Kier alpha value is 0.177. The van der Waals surface area contributed by atoms with E-state index in [0.29, 0.717) is 0 Å². The third-order valence-corrected chi connectivity index (χ3v) is 2.91. The molecule has 0 N–H and O–H groups in total. The molecule has 0 aliphatic carbocycles. The minimum Gasteiger partial charge on any atom is -0.239 e. The fourth-order valence-corrected chi connectivity index (χ4v) is 1.33. The van der Waals surface area contributed by atoms with Crippen molar-refractivity contribution < 1.29 is 57.1 Å². The lowest BCUT2D eigenvalue weighted by Gasteiger charge is -2.39. The second-order valence-corrected chi connectivity index (χ2v) is 4.92. The number of alkyl halides is 15. The van der Waals surface area contributed by atoms with Crippen LogP contribution in [0.25, 0.3) is 0 Å². The van der Waals surface area contributed by atoms with E-state index >= 15 is 0 Å². The molecule has 0 aliphatic rings. The lowest BCUT2D eigenvalue weighted by molar-refractivity contribution is -0.398. The molecule has 25 heavy (non-hydrogen) atoms. The van der Waals surface area contributed by atoms with Gasteiger partial charge in [-0.2, -0.15) is 55.0 Å². The summed E-state index contributed by atoms with van der Waals surface area (Å²) in [7, 11) is 0.778. The summed E-state index contributed by atoms with van der Waals surface area (Å²) >= 11 is 12.4. The minimum atomic E-state index is -7.66. The minimum absolute atomic E-state index is 0.778. The second-order valence-electron chi connectivity index (χ2n) is 4.02. The Morgan fingerprint density at radius 1 is 0.640 bits per heavy atom. The van der Waals surface area contributed by atoms with E-state index in [1.807, 2.05) is 0 Å². The van der Waals surface area contributed by atoms with Crippen molar-refractivity contribution in [3.8, 4) is 0 Å². The van der Waals surface area contributed by atoms with E-state index in [9.17, 15) is 57.1 Å². The first-order valence-electron chi connectivity index (χ1n) is 5.28. The van der Waals surface area contributed by atoms with Gasteiger partial charge in [0.15, 0.2) is 6.17 Å². The van der Waals surface area contributed by atoms with Crippen LogP contribution in [0.1, 0.15) is 0 Å². The molecule has 0 fully saturated rings. The Balaban J connectivity index is 0. The van der Waals surface area contributed by atoms with E-state index in [2.05, 4.69) is 23.2 Å². The van der Waals surface area contributed by atoms with E-state index in [4.69, 9.17) is 11.1 Å². The molecule has 0 saturated heterocycles. The fraction of sp³-hybridized carbons (Fsp3) is 1.00. The molecule has 0 spiro atoms. The first-order valence-corrected chi connectivity index (χ1v) is 9.12. The second kappa shape index (κ2) is 8.46. The third kappa shape index (κ3) is 4.72. The van der Waals surface area contributed by atoms with Crippen LogP contribution >= 0.6 is 34.3 Å². The molecule has 0 bridgehead atoms. The van der Waals surface area contributed by atoms with Crippen molar-refractivity contribution in [2.45, 2.75) is 47.0 Å². The molecule has 0 amide bonds. The molecule has 0 rings (SSSR count). The Morgan fingerprint density at radius 3 is 1.20 bits per heavy atom. The first kappa shape index (κ1) is 27.4. The number of hydrogen-bond donors (Lipinski definition) is 0. The van der Waals surface area contributed by atoms with Gasteiger partial charge in [-0.15, -0.1) is 0 Å². The SMILES string of the molecule is FC(Cl)C(F)C(F)C(F)(F)C(F)(F)C(F)(F)C(F)(F)C(F)(F)Cl.[SiH3]Cl. The maximum atomic E-state index is 12.9. The zero-order chi connectivity index (χ0) is 21.2. The Kier molecular flexibility index (Phi) is 9.27. The summed E-state index contributed by atoms with van der Waals surface area (Å²) in [6.07, 6.45) is -9.53. The van der Waals surface area contributed by atoms with E-state index in [0.717, 1.165) is 9.55 Å². The van der Waals surface area contributed by atoms with E-state index in [1.165, 1.54) is 0 Å². The monoisotopic (exact) mass is 482 g/mol. The Bertz CT molecular complexity index is 424. The van der Waals surface area contributed by atoms with Crippen LogP contribution in [0.5, 0.6) is 0 Å². The molecule has 154 valence electrons. The highest BCUT2D eigenvalue weighted by molar-refractivity contribution is 6.80. The Labute approximate surface area is 148 Å². The molecule has 0 aromatic rings. The quantitative estimate of drug-likeness (QED) is 0.205. The van der Waals surface area contributed by atoms with Gasteiger partial charge < -0.3 is 0 Å². The predicted octanol–water partition coefficient (Wildman–Crippen LogP) is 5.08. The molecule has 0 aromatic carbocycles. The van der Waals surface area contributed by atoms with Gasteiger partial charge >= 0.3 is 29.1 Å². The maximum absolute atomic E-state index is 12.9. The number of hydrogen-bond acceptors (Lipinski definition) is 0. The van der Waals surface area contributed by atoms with Crippen molar-refractivity contribution in [3.05, 3.63) is 0 Å². The van der Waals surface area contributed by atoms with Crippen LogP contribution in [0.3, 0.4) is 0 Å². The van der Waals surface area contributed by atoms with Crippen LogP contribution in [0.15, 0.2) is 0 Å². The summed E-state index contributed by atoms with van der Waals surface area (Å²) in [6, 6.07) is 0. The number of halogens is 16. The molecule has 3 atom stereocenters. The standard InChI is InChI=1S/C8H3Cl2F13.ClH3Si/c9-3(13)1(11)2(12)4(14,15)5(16,17)6(18,19)7(20,21)8(10,22)23;1-2/h1-3H;2H3. The molecule has 3 unspecified atom stereocenters. The van der Waals surface area contributed by atoms with Crippen LogP contribution in [0.4, 0.5) is 57.1 Å². The molecular formula is C8H6Cl3F13Si. The molecule has 0 heterocycles. The average molecular weight is 484 g/mol. The average Bonchev–Trinajstić information content (AvgIpc) is 2.45. The van der Waals surface area contributed by atoms with Gasteiger partial charge in [0.25, 0.3) is 0 Å². The largest absolute Gasteiger partial charge is 0.393 e. The van der Waals surface area contributed by atoms with Crippen LogP contribution in [-0.4, -0.2) is 56.6 Å². The van der Waals surface area contributed by atoms with Crippen LogP contribution in [0.2, 0.25) is 0 Å². The van der Waals surface area contributed by atoms with Crippen molar-refractivity contribution in [3.63, 3.8) is 0 Å². The summed E-state index contributed by atoms with van der Waals surface area (Å²) in [6.45, 7) is 0. The topological polar surface area (TPSA) is 0 Å². The highest BCUT2D eigenvalue weighted by atomic mass is 35.6. The van der Waals surface area contributed by atoms with Gasteiger partial charge in [-0.25, -0.2) is 13.2 Å². The summed E-state index contributed by atoms with van der Waals surface area (Å²) in [4.78, 5) is 0. The molecule has 0 radical (unpaired) electrons.